The minimum atomic E-state index is -3.70. The smallest absolute Gasteiger partial charge is 0.255 e. The Morgan fingerprint density at radius 1 is 1.07 bits per heavy atom. The zero-order valence-corrected chi connectivity index (χ0v) is 16.4. The van der Waals surface area contributed by atoms with E-state index in [9.17, 15) is 13.2 Å². The third kappa shape index (κ3) is 4.81. The van der Waals surface area contributed by atoms with E-state index in [-0.39, 0.29) is 10.8 Å². The Kier molecular flexibility index (Phi) is 5.30. The molecule has 0 spiro atoms. The Morgan fingerprint density at radius 3 is 2.39 bits per heavy atom. The molecule has 1 aromatic heterocycles. The van der Waals surface area contributed by atoms with Crippen LogP contribution in [0.3, 0.4) is 0 Å². The van der Waals surface area contributed by atoms with Gasteiger partial charge >= 0.3 is 0 Å². The van der Waals surface area contributed by atoms with Gasteiger partial charge in [-0.05, 0) is 63.2 Å². The van der Waals surface area contributed by atoms with E-state index in [0.29, 0.717) is 22.7 Å². The second-order valence-corrected chi connectivity index (χ2v) is 8.84. The van der Waals surface area contributed by atoms with Gasteiger partial charge in [0.1, 0.15) is 0 Å². The van der Waals surface area contributed by atoms with E-state index in [0.717, 1.165) is 0 Å². The summed E-state index contributed by atoms with van der Waals surface area (Å²) in [7, 11) is -3.70. The Labute approximate surface area is 163 Å². The van der Waals surface area contributed by atoms with Gasteiger partial charge in [-0.3, -0.25) is 4.79 Å². The fourth-order valence-corrected chi connectivity index (χ4v) is 3.93. The molecule has 146 valence electrons. The lowest BCUT2D eigenvalue weighted by Crippen LogP contribution is -2.40. The van der Waals surface area contributed by atoms with Crippen LogP contribution in [0.2, 0.25) is 0 Å². The number of sulfonamides is 1. The number of aromatic nitrogens is 2. The summed E-state index contributed by atoms with van der Waals surface area (Å²) in [5.74, 6) is -0.00776. The lowest BCUT2D eigenvalue weighted by molar-refractivity contribution is 0.102. The standard InChI is InChI=1S/C19H20N4O4S/c1-19(2,3)23-28(25,26)16-6-4-5-15(11-16)21-17(24)13-7-9-14(10-8-13)18-22-20-12-27-18/h4-12,23H,1-3H3,(H,21,24). The Morgan fingerprint density at radius 2 is 1.79 bits per heavy atom. The molecule has 0 saturated carbocycles. The van der Waals surface area contributed by atoms with Crippen molar-refractivity contribution < 1.29 is 17.6 Å². The first-order chi connectivity index (χ1) is 13.1. The van der Waals surface area contributed by atoms with Crippen molar-refractivity contribution in [3.8, 4) is 11.5 Å². The van der Waals surface area contributed by atoms with Crippen molar-refractivity contribution in [3.63, 3.8) is 0 Å². The molecule has 0 aliphatic carbocycles. The van der Waals surface area contributed by atoms with Crippen LogP contribution in [0.1, 0.15) is 31.1 Å². The van der Waals surface area contributed by atoms with Crippen LogP contribution >= 0.6 is 0 Å². The predicted molar refractivity (Wildman–Crippen MR) is 104 cm³/mol. The quantitative estimate of drug-likeness (QED) is 0.680. The molecule has 0 atom stereocenters. The SMILES string of the molecule is CC(C)(C)NS(=O)(=O)c1cccc(NC(=O)c2ccc(-c3nnco3)cc2)c1. The maximum absolute atomic E-state index is 12.5. The number of carbonyl (C=O) groups excluding carboxylic acids is 1. The molecule has 1 heterocycles. The lowest BCUT2D eigenvalue weighted by atomic mass is 10.1. The summed E-state index contributed by atoms with van der Waals surface area (Å²) in [5, 5.41) is 10.1. The van der Waals surface area contributed by atoms with E-state index >= 15 is 0 Å². The Hall–Kier alpha value is -3.04. The summed E-state index contributed by atoms with van der Waals surface area (Å²) >= 11 is 0. The fourth-order valence-electron chi connectivity index (χ4n) is 2.47. The van der Waals surface area contributed by atoms with Crippen LogP contribution in [-0.4, -0.2) is 30.1 Å². The van der Waals surface area contributed by atoms with Gasteiger partial charge in [0, 0.05) is 22.4 Å². The first-order valence-corrected chi connectivity index (χ1v) is 9.94. The molecule has 9 heteroatoms. The maximum atomic E-state index is 12.5. The van der Waals surface area contributed by atoms with Crippen molar-refractivity contribution in [1.82, 2.24) is 14.9 Å². The van der Waals surface area contributed by atoms with Crippen molar-refractivity contribution in [2.45, 2.75) is 31.2 Å². The zero-order chi connectivity index (χ0) is 20.4. The molecule has 0 saturated heterocycles. The van der Waals surface area contributed by atoms with Gasteiger partial charge in [0.05, 0.1) is 4.90 Å². The average Bonchev–Trinajstić information content (AvgIpc) is 3.15. The topological polar surface area (TPSA) is 114 Å². The third-order valence-electron chi connectivity index (χ3n) is 3.60. The highest BCUT2D eigenvalue weighted by molar-refractivity contribution is 7.89. The number of benzene rings is 2. The van der Waals surface area contributed by atoms with Crippen LogP contribution in [0.5, 0.6) is 0 Å². The summed E-state index contributed by atoms with van der Waals surface area (Å²) in [6.07, 6.45) is 1.23. The van der Waals surface area contributed by atoms with Gasteiger partial charge in [-0.1, -0.05) is 6.07 Å². The number of rotatable bonds is 5. The molecule has 8 nitrogen and oxygen atoms in total. The van der Waals surface area contributed by atoms with E-state index in [1.54, 1.807) is 57.2 Å². The number of amides is 1. The highest BCUT2D eigenvalue weighted by Crippen LogP contribution is 2.20. The van der Waals surface area contributed by atoms with E-state index in [1.807, 2.05) is 0 Å². The average molecular weight is 400 g/mol. The molecule has 0 bridgehead atoms. The van der Waals surface area contributed by atoms with Gasteiger partial charge in [-0.2, -0.15) is 0 Å². The molecule has 1 amide bonds. The fraction of sp³-hybridized carbons (Fsp3) is 0.211. The summed E-state index contributed by atoms with van der Waals surface area (Å²) in [4.78, 5) is 12.5. The highest BCUT2D eigenvalue weighted by atomic mass is 32.2. The molecule has 3 aromatic rings. The number of hydrogen-bond donors (Lipinski definition) is 2. The Balaban J connectivity index is 1.76. The first kappa shape index (κ1) is 19.7. The van der Waals surface area contributed by atoms with Crippen molar-refractivity contribution in [1.29, 1.82) is 0 Å². The number of hydrogen-bond acceptors (Lipinski definition) is 6. The highest BCUT2D eigenvalue weighted by Gasteiger charge is 2.22. The van der Waals surface area contributed by atoms with Gasteiger partial charge in [0.2, 0.25) is 22.3 Å². The predicted octanol–water partition coefficient (Wildman–Crippen LogP) is 3.07. The van der Waals surface area contributed by atoms with E-state index in [2.05, 4.69) is 20.2 Å². The number of carbonyl (C=O) groups is 1. The molecular formula is C19H20N4O4S. The molecule has 2 aromatic carbocycles. The molecule has 0 unspecified atom stereocenters. The van der Waals surface area contributed by atoms with Crippen molar-refractivity contribution in [2.75, 3.05) is 5.32 Å². The van der Waals surface area contributed by atoms with Crippen molar-refractivity contribution in [3.05, 3.63) is 60.5 Å². The van der Waals surface area contributed by atoms with Crippen LogP contribution in [0.4, 0.5) is 5.69 Å². The van der Waals surface area contributed by atoms with Crippen LogP contribution in [0, 0.1) is 0 Å². The second-order valence-electron chi connectivity index (χ2n) is 7.16. The van der Waals surface area contributed by atoms with Crippen LogP contribution in [0.25, 0.3) is 11.5 Å². The summed E-state index contributed by atoms with van der Waals surface area (Å²) < 4.78 is 32.6. The second kappa shape index (κ2) is 7.53. The van der Waals surface area contributed by atoms with E-state index < -0.39 is 15.6 Å². The minimum Gasteiger partial charge on any atom is -0.423 e. The largest absolute Gasteiger partial charge is 0.423 e. The molecule has 0 radical (unpaired) electrons. The van der Waals surface area contributed by atoms with E-state index in [1.165, 1.54) is 18.5 Å². The number of anilines is 1. The van der Waals surface area contributed by atoms with Crippen molar-refractivity contribution >= 4 is 21.6 Å². The molecule has 0 aliphatic heterocycles. The molecular weight excluding hydrogens is 380 g/mol. The molecule has 2 N–H and O–H groups in total. The summed E-state index contributed by atoms with van der Waals surface area (Å²) in [6, 6.07) is 12.7. The van der Waals surface area contributed by atoms with Gasteiger partial charge < -0.3 is 9.73 Å². The normalized spacial score (nSPS) is 12.0. The number of nitrogens with zero attached hydrogens (tertiary/aromatic N) is 2. The Bertz CT molecular complexity index is 1070. The molecule has 0 aliphatic rings. The monoisotopic (exact) mass is 400 g/mol. The summed E-state index contributed by atoms with van der Waals surface area (Å²) in [5.41, 5.74) is 0.862. The van der Waals surface area contributed by atoms with Crippen molar-refractivity contribution in [2.24, 2.45) is 0 Å². The molecule has 3 rings (SSSR count). The van der Waals surface area contributed by atoms with Crippen LogP contribution in [-0.2, 0) is 10.0 Å². The third-order valence-corrected chi connectivity index (χ3v) is 5.35. The number of nitrogens with one attached hydrogen (secondary N) is 2. The van der Waals surface area contributed by atoms with Gasteiger partial charge in [0.25, 0.3) is 5.91 Å². The van der Waals surface area contributed by atoms with Gasteiger partial charge in [-0.25, -0.2) is 13.1 Å². The summed E-state index contributed by atoms with van der Waals surface area (Å²) in [6.45, 7) is 5.27. The zero-order valence-electron chi connectivity index (χ0n) is 15.6. The van der Waals surface area contributed by atoms with Crippen LogP contribution in [0.15, 0.2) is 64.2 Å². The molecule has 28 heavy (non-hydrogen) atoms. The lowest BCUT2D eigenvalue weighted by Gasteiger charge is -2.20. The van der Waals surface area contributed by atoms with Gasteiger partial charge in [0.15, 0.2) is 0 Å². The van der Waals surface area contributed by atoms with Gasteiger partial charge in [-0.15, -0.1) is 10.2 Å². The van der Waals surface area contributed by atoms with Crippen LogP contribution < -0.4 is 10.0 Å². The maximum Gasteiger partial charge on any atom is 0.255 e. The minimum absolute atomic E-state index is 0.0759. The van der Waals surface area contributed by atoms with E-state index in [4.69, 9.17) is 4.42 Å². The molecule has 0 fully saturated rings. The first-order valence-electron chi connectivity index (χ1n) is 8.46.